The summed E-state index contributed by atoms with van der Waals surface area (Å²) in [6.45, 7) is 6.04. The summed E-state index contributed by atoms with van der Waals surface area (Å²) in [5.74, 6) is 0.453. The van der Waals surface area contributed by atoms with Crippen molar-refractivity contribution in [2.75, 3.05) is 19.7 Å². The van der Waals surface area contributed by atoms with Crippen molar-refractivity contribution < 1.29 is 9.66 Å². The van der Waals surface area contributed by atoms with Crippen LogP contribution in [0.2, 0.25) is 0 Å². The molecule has 0 bridgehead atoms. The summed E-state index contributed by atoms with van der Waals surface area (Å²) in [6.07, 6.45) is 2.29. The molecule has 1 aromatic heterocycles. The van der Waals surface area contributed by atoms with Crippen LogP contribution in [0.15, 0.2) is 12.3 Å². The highest BCUT2D eigenvalue weighted by atomic mass is 16.6. The first kappa shape index (κ1) is 13.4. The molecule has 0 amide bonds. The summed E-state index contributed by atoms with van der Waals surface area (Å²) in [5, 5.41) is 13.7. The molecule has 0 aliphatic heterocycles. The van der Waals surface area contributed by atoms with Crippen LogP contribution >= 0.6 is 0 Å². The number of nitrogens with one attached hydrogen (secondary N) is 1. The summed E-state index contributed by atoms with van der Waals surface area (Å²) < 4.78 is 5.42. The average Bonchev–Trinajstić information content (AvgIpc) is 2.30. The minimum absolute atomic E-state index is 0.0149. The second kappa shape index (κ2) is 6.80. The maximum atomic E-state index is 10.5. The Bertz CT molecular complexity index is 382. The molecule has 0 saturated carbocycles. The van der Waals surface area contributed by atoms with Crippen molar-refractivity contribution in [1.29, 1.82) is 0 Å². The molecule has 0 aliphatic rings. The molecule has 0 fully saturated rings. The van der Waals surface area contributed by atoms with Crippen LogP contribution in [0.1, 0.15) is 18.9 Å². The van der Waals surface area contributed by atoms with E-state index in [-0.39, 0.29) is 5.69 Å². The predicted octanol–water partition coefficient (Wildman–Crippen LogP) is 1.68. The zero-order valence-corrected chi connectivity index (χ0v) is 10.1. The van der Waals surface area contributed by atoms with Crippen molar-refractivity contribution in [3.63, 3.8) is 0 Å². The van der Waals surface area contributed by atoms with Crippen molar-refractivity contribution in [3.05, 3.63) is 27.9 Å². The highest BCUT2D eigenvalue weighted by molar-refractivity contribution is 5.36. The van der Waals surface area contributed by atoms with Gasteiger partial charge >= 0.3 is 0 Å². The zero-order chi connectivity index (χ0) is 12.7. The van der Waals surface area contributed by atoms with Gasteiger partial charge in [0.25, 0.3) is 5.69 Å². The quantitative estimate of drug-likeness (QED) is 0.445. The number of hydrogen-bond acceptors (Lipinski definition) is 5. The van der Waals surface area contributed by atoms with Crippen molar-refractivity contribution >= 4 is 5.69 Å². The molecule has 0 aromatic carbocycles. The number of aromatic nitrogens is 1. The van der Waals surface area contributed by atoms with Gasteiger partial charge in [-0.3, -0.25) is 10.1 Å². The first-order valence-corrected chi connectivity index (χ1v) is 5.59. The first-order valence-electron chi connectivity index (χ1n) is 5.59. The van der Waals surface area contributed by atoms with Gasteiger partial charge < -0.3 is 10.1 Å². The SMILES string of the molecule is CCCNCCOc1ncc([N+](=O)[O-])cc1C. The van der Waals surface area contributed by atoms with Gasteiger partial charge in [-0.15, -0.1) is 0 Å². The van der Waals surface area contributed by atoms with E-state index in [1.54, 1.807) is 6.92 Å². The summed E-state index contributed by atoms with van der Waals surface area (Å²) >= 11 is 0. The normalized spacial score (nSPS) is 10.2. The molecule has 1 N–H and O–H groups in total. The second-order valence-corrected chi connectivity index (χ2v) is 3.67. The number of nitro groups is 1. The Morgan fingerprint density at radius 1 is 1.53 bits per heavy atom. The molecule has 6 nitrogen and oxygen atoms in total. The molecule has 1 heterocycles. The lowest BCUT2D eigenvalue weighted by Gasteiger charge is -2.07. The predicted molar refractivity (Wildman–Crippen MR) is 64.3 cm³/mol. The molecule has 17 heavy (non-hydrogen) atoms. The van der Waals surface area contributed by atoms with Gasteiger partial charge in [-0.2, -0.15) is 0 Å². The molecule has 0 saturated heterocycles. The fourth-order valence-corrected chi connectivity index (χ4v) is 1.32. The maximum Gasteiger partial charge on any atom is 0.288 e. The van der Waals surface area contributed by atoms with Crippen LogP contribution < -0.4 is 10.1 Å². The number of ether oxygens (including phenoxy) is 1. The van der Waals surface area contributed by atoms with Crippen LogP contribution in [-0.2, 0) is 0 Å². The standard InChI is InChI=1S/C11H17N3O3/c1-3-4-12-5-6-17-11-9(2)7-10(8-13-11)14(15)16/h7-8,12H,3-6H2,1-2H3. The average molecular weight is 239 g/mol. The van der Waals surface area contributed by atoms with E-state index in [4.69, 9.17) is 4.74 Å². The molecule has 0 unspecified atom stereocenters. The third kappa shape index (κ3) is 4.36. The summed E-state index contributed by atoms with van der Waals surface area (Å²) in [6, 6.07) is 1.46. The maximum absolute atomic E-state index is 10.5. The van der Waals surface area contributed by atoms with Crippen LogP contribution in [0.25, 0.3) is 0 Å². The number of nitrogens with zero attached hydrogens (tertiary/aromatic N) is 2. The second-order valence-electron chi connectivity index (χ2n) is 3.67. The topological polar surface area (TPSA) is 77.3 Å². The molecular weight excluding hydrogens is 222 g/mol. The Morgan fingerprint density at radius 3 is 2.88 bits per heavy atom. The Kier molecular flexibility index (Phi) is 5.35. The van der Waals surface area contributed by atoms with Crippen LogP contribution in [-0.4, -0.2) is 29.6 Å². The highest BCUT2D eigenvalue weighted by Gasteiger charge is 2.09. The molecule has 0 radical (unpaired) electrons. The minimum atomic E-state index is -0.466. The van der Waals surface area contributed by atoms with Gasteiger partial charge in [0.2, 0.25) is 5.88 Å². The molecule has 0 atom stereocenters. The number of pyridine rings is 1. The Hall–Kier alpha value is -1.69. The van der Waals surface area contributed by atoms with Gasteiger partial charge in [0, 0.05) is 18.2 Å². The molecular formula is C11H17N3O3. The zero-order valence-electron chi connectivity index (χ0n) is 10.1. The third-order valence-electron chi connectivity index (χ3n) is 2.17. The molecule has 0 aliphatic carbocycles. The van der Waals surface area contributed by atoms with E-state index in [1.165, 1.54) is 12.3 Å². The van der Waals surface area contributed by atoms with E-state index in [0.29, 0.717) is 18.1 Å². The number of rotatable bonds is 7. The number of hydrogen-bond donors (Lipinski definition) is 1. The van der Waals surface area contributed by atoms with E-state index in [1.807, 2.05) is 0 Å². The highest BCUT2D eigenvalue weighted by Crippen LogP contribution is 2.19. The summed E-state index contributed by atoms with van der Waals surface area (Å²) in [7, 11) is 0. The third-order valence-corrected chi connectivity index (χ3v) is 2.17. The Balaban J connectivity index is 2.46. The largest absolute Gasteiger partial charge is 0.476 e. The molecule has 1 rings (SSSR count). The summed E-state index contributed by atoms with van der Waals surface area (Å²) in [4.78, 5) is 14.0. The Labute approximate surface area is 100 Å². The van der Waals surface area contributed by atoms with Crippen molar-refractivity contribution in [2.45, 2.75) is 20.3 Å². The lowest BCUT2D eigenvalue weighted by molar-refractivity contribution is -0.385. The smallest absolute Gasteiger partial charge is 0.288 e. The molecule has 0 spiro atoms. The first-order chi connectivity index (χ1) is 8.15. The monoisotopic (exact) mass is 239 g/mol. The van der Waals surface area contributed by atoms with Crippen molar-refractivity contribution in [1.82, 2.24) is 10.3 Å². The van der Waals surface area contributed by atoms with E-state index in [2.05, 4.69) is 17.2 Å². The molecule has 1 aromatic rings. The van der Waals surface area contributed by atoms with Gasteiger partial charge in [-0.05, 0) is 19.9 Å². The lowest BCUT2D eigenvalue weighted by Crippen LogP contribution is -2.22. The minimum Gasteiger partial charge on any atom is -0.476 e. The van der Waals surface area contributed by atoms with Crippen LogP contribution in [0, 0.1) is 17.0 Å². The fraction of sp³-hybridized carbons (Fsp3) is 0.545. The van der Waals surface area contributed by atoms with Crippen LogP contribution in [0.3, 0.4) is 0 Å². The Morgan fingerprint density at radius 2 is 2.29 bits per heavy atom. The lowest BCUT2D eigenvalue weighted by atomic mass is 10.3. The summed E-state index contributed by atoms with van der Waals surface area (Å²) in [5.41, 5.74) is 0.661. The van der Waals surface area contributed by atoms with Crippen molar-refractivity contribution in [3.8, 4) is 5.88 Å². The van der Waals surface area contributed by atoms with Crippen molar-refractivity contribution in [2.24, 2.45) is 0 Å². The number of aryl methyl sites for hydroxylation is 1. The molecule has 94 valence electrons. The van der Waals surface area contributed by atoms with Gasteiger partial charge in [0.15, 0.2) is 0 Å². The van der Waals surface area contributed by atoms with Crippen LogP contribution in [0.4, 0.5) is 5.69 Å². The van der Waals surface area contributed by atoms with Gasteiger partial charge in [0.1, 0.15) is 12.8 Å². The van der Waals surface area contributed by atoms with E-state index in [0.717, 1.165) is 19.5 Å². The van der Waals surface area contributed by atoms with E-state index >= 15 is 0 Å². The van der Waals surface area contributed by atoms with Gasteiger partial charge in [0.05, 0.1) is 4.92 Å². The van der Waals surface area contributed by atoms with Crippen LogP contribution in [0.5, 0.6) is 5.88 Å². The van der Waals surface area contributed by atoms with E-state index in [9.17, 15) is 10.1 Å². The van der Waals surface area contributed by atoms with E-state index < -0.39 is 4.92 Å². The molecule has 6 heteroatoms. The van der Waals surface area contributed by atoms with Gasteiger partial charge in [-0.1, -0.05) is 6.92 Å². The fourth-order valence-electron chi connectivity index (χ4n) is 1.32. The van der Waals surface area contributed by atoms with Gasteiger partial charge in [-0.25, -0.2) is 4.98 Å².